The van der Waals surface area contributed by atoms with Gasteiger partial charge in [0.05, 0.1) is 18.7 Å². The highest BCUT2D eigenvalue weighted by atomic mass is 19.1. The molecule has 168 valence electrons. The summed E-state index contributed by atoms with van der Waals surface area (Å²) in [5, 5.41) is 12.7. The van der Waals surface area contributed by atoms with Crippen LogP contribution in [-0.4, -0.2) is 58.6 Å². The number of benzene rings is 3. The molecule has 2 aliphatic heterocycles. The Kier molecular flexibility index (Phi) is 5.56. The van der Waals surface area contributed by atoms with Gasteiger partial charge >= 0.3 is 6.03 Å². The number of carbonyl (C=O) groups excluding carboxylic acids is 2. The van der Waals surface area contributed by atoms with Gasteiger partial charge in [-0.2, -0.15) is 0 Å². The Labute approximate surface area is 191 Å². The molecule has 3 amide bonds. The van der Waals surface area contributed by atoms with Crippen molar-refractivity contribution in [1.29, 1.82) is 0 Å². The van der Waals surface area contributed by atoms with Crippen molar-refractivity contribution in [2.45, 2.75) is 18.0 Å². The lowest BCUT2D eigenvalue weighted by atomic mass is 9.73. The molecule has 0 aromatic heterocycles. The minimum atomic E-state index is -0.403. The molecule has 0 radical (unpaired) electrons. The van der Waals surface area contributed by atoms with Crippen LogP contribution in [0.25, 0.3) is 11.1 Å². The van der Waals surface area contributed by atoms with Crippen LogP contribution < -0.4 is 5.32 Å². The fourth-order valence-electron chi connectivity index (χ4n) is 4.92. The van der Waals surface area contributed by atoms with Crippen LogP contribution in [0.4, 0.5) is 14.9 Å². The van der Waals surface area contributed by atoms with Gasteiger partial charge in [-0.3, -0.25) is 4.79 Å². The van der Waals surface area contributed by atoms with E-state index in [9.17, 15) is 19.1 Å². The van der Waals surface area contributed by atoms with Gasteiger partial charge in [-0.1, -0.05) is 54.6 Å². The van der Waals surface area contributed by atoms with Crippen LogP contribution in [0.1, 0.15) is 11.5 Å². The first-order valence-corrected chi connectivity index (χ1v) is 10.9. The molecule has 2 fully saturated rings. The summed E-state index contributed by atoms with van der Waals surface area (Å²) in [5.41, 5.74) is 3.71. The summed E-state index contributed by atoms with van der Waals surface area (Å²) >= 11 is 0. The van der Waals surface area contributed by atoms with E-state index in [4.69, 9.17) is 0 Å². The number of rotatable bonds is 4. The molecular formula is C26H24FN3O3. The van der Waals surface area contributed by atoms with Crippen molar-refractivity contribution in [3.63, 3.8) is 0 Å². The number of nitrogens with zero attached hydrogens (tertiary/aromatic N) is 2. The molecule has 2 heterocycles. The number of fused-ring (bicyclic) bond motifs is 1. The summed E-state index contributed by atoms with van der Waals surface area (Å²) in [6.45, 7) is 0.176. The second-order valence-corrected chi connectivity index (χ2v) is 8.45. The summed E-state index contributed by atoms with van der Waals surface area (Å²) in [6, 6.07) is 22.8. The molecule has 33 heavy (non-hydrogen) atoms. The van der Waals surface area contributed by atoms with E-state index in [2.05, 4.69) is 5.32 Å². The SMILES string of the molecule is O=C(Nc1ccc(F)cc1)N1CC(=O)N2[C@H](CO)[C@@H](c3ccc(-c4ccccc4)cc3)[C@H]2C1. The summed E-state index contributed by atoms with van der Waals surface area (Å²) in [4.78, 5) is 28.8. The first-order valence-electron chi connectivity index (χ1n) is 10.9. The highest BCUT2D eigenvalue weighted by Gasteiger charge is 2.54. The second-order valence-electron chi connectivity index (χ2n) is 8.45. The molecule has 6 nitrogen and oxygen atoms in total. The summed E-state index contributed by atoms with van der Waals surface area (Å²) in [5.74, 6) is -0.635. The van der Waals surface area contributed by atoms with Gasteiger partial charge in [0.1, 0.15) is 12.4 Å². The third-order valence-corrected chi connectivity index (χ3v) is 6.54. The number of urea groups is 1. The first-order chi connectivity index (χ1) is 16.0. The van der Waals surface area contributed by atoms with Gasteiger partial charge in [0.2, 0.25) is 5.91 Å². The molecule has 2 aliphatic rings. The number of hydrogen-bond donors (Lipinski definition) is 2. The first kappa shape index (κ1) is 21.2. The van der Waals surface area contributed by atoms with E-state index in [0.717, 1.165) is 16.7 Å². The number of aliphatic hydroxyl groups is 1. The van der Waals surface area contributed by atoms with Crippen LogP contribution in [-0.2, 0) is 4.79 Å². The van der Waals surface area contributed by atoms with Gasteiger partial charge < -0.3 is 20.2 Å². The zero-order valence-electron chi connectivity index (χ0n) is 17.9. The molecule has 2 saturated heterocycles. The van der Waals surface area contributed by atoms with Crippen molar-refractivity contribution < 1.29 is 19.1 Å². The third kappa shape index (κ3) is 3.96. The fourth-order valence-corrected chi connectivity index (χ4v) is 4.92. The van der Waals surface area contributed by atoms with Crippen LogP contribution in [0.5, 0.6) is 0 Å². The minimum absolute atomic E-state index is 0.0559. The predicted molar refractivity (Wildman–Crippen MR) is 123 cm³/mol. The van der Waals surface area contributed by atoms with Crippen LogP contribution >= 0.6 is 0 Å². The topological polar surface area (TPSA) is 72.9 Å². The van der Waals surface area contributed by atoms with Crippen molar-refractivity contribution in [3.05, 3.63) is 90.2 Å². The molecule has 0 bridgehead atoms. The van der Waals surface area contributed by atoms with Crippen LogP contribution in [0.2, 0.25) is 0 Å². The highest BCUT2D eigenvalue weighted by molar-refractivity contribution is 5.93. The van der Waals surface area contributed by atoms with Crippen LogP contribution in [0.15, 0.2) is 78.9 Å². The van der Waals surface area contributed by atoms with Crippen molar-refractivity contribution in [2.24, 2.45) is 0 Å². The van der Waals surface area contributed by atoms with Crippen LogP contribution in [0.3, 0.4) is 0 Å². The maximum absolute atomic E-state index is 13.1. The van der Waals surface area contributed by atoms with E-state index in [-0.39, 0.29) is 42.9 Å². The number of amides is 3. The molecule has 0 spiro atoms. The lowest BCUT2D eigenvalue weighted by Gasteiger charge is -2.58. The molecule has 5 rings (SSSR count). The number of carbonyl (C=O) groups is 2. The summed E-state index contributed by atoms with van der Waals surface area (Å²) in [6.07, 6.45) is 0. The Morgan fingerprint density at radius 1 is 0.970 bits per heavy atom. The normalized spacial score (nSPS) is 21.9. The highest BCUT2D eigenvalue weighted by Crippen LogP contribution is 2.43. The molecule has 7 heteroatoms. The zero-order valence-corrected chi connectivity index (χ0v) is 17.9. The lowest BCUT2D eigenvalue weighted by Crippen LogP contribution is -2.73. The maximum Gasteiger partial charge on any atom is 0.322 e. The molecule has 0 aliphatic carbocycles. The Morgan fingerprint density at radius 3 is 2.30 bits per heavy atom. The average molecular weight is 445 g/mol. The van der Waals surface area contributed by atoms with Crippen molar-refractivity contribution in [2.75, 3.05) is 25.0 Å². The van der Waals surface area contributed by atoms with E-state index >= 15 is 0 Å². The quantitative estimate of drug-likeness (QED) is 0.643. The third-order valence-electron chi connectivity index (χ3n) is 6.54. The van der Waals surface area contributed by atoms with Gasteiger partial charge in [-0.15, -0.1) is 0 Å². The van der Waals surface area contributed by atoms with Crippen molar-refractivity contribution in [3.8, 4) is 11.1 Å². The number of piperazine rings is 1. The number of nitrogens with one attached hydrogen (secondary N) is 1. The Balaban J connectivity index is 1.33. The Bertz CT molecular complexity index is 1150. The monoisotopic (exact) mass is 445 g/mol. The molecule has 0 saturated carbocycles. The second kappa shape index (κ2) is 8.67. The largest absolute Gasteiger partial charge is 0.394 e. The summed E-state index contributed by atoms with van der Waals surface area (Å²) < 4.78 is 13.1. The molecule has 2 N–H and O–H groups in total. The number of aliphatic hydroxyl groups excluding tert-OH is 1. The van der Waals surface area contributed by atoms with Gasteiger partial charge in [0.15, 0.2) is 0 Å². The van der Waals surface area contributed by atoms with Gasteiger partial charge in [-0.25, -0.2) is 9.18 Å². The van der Waals surface area contributed by atoms with Crippen molar-refractivity contribution >= 4 is 17.6 Å². The molecule has 3 aromatic carbocycles. The standard InChI is InChI=1S/C26H24FN3O3/c27-20-10-12-21(13-11-20)28-26(33)29-14-22-25(23(16-31)30(22)24(32)15-29)19-8-6-18(7-9-19)17-4-2-1-3-5-17/h1-13,22-23,25,31H,14-16H2,(H,28,33)/t22-,23-,25+/m1/s1. The predicted octanol–water partition coefficient (Wildman–Crippen LogP) is 3.70. The van der Waals surface area contributed by atoms with E-state index < -0.39 is 6.03 Å². The molecule has 3 aromatic rings. The maximum atomic E-state index is 13.1. The van der Waals surface area contributed by atoms with E-state index in [1.54, 1.807) is 4.90 Å². The Hall–Kier alpha value is -3.71. The smallest absolute Gasteiger partial charge is 0.322 e. The van der Waals surface area contributed by atoms with Crippen LogP contribution in [0, 0.1) is 5.82 Å². The zero-order chi connectivity index (χ0) is 22.9. The van der Waals surface area contributed by atoms with E-state index in [0.29, 0.717) is 12.2 Å². The molecular weight excluding hydrogens is 421 g/mol. The van der Waals surface area contributed by atoms with Gasteiger partial charge in [0.25, 0.3) is 0 Å². The number of hydrogen-bond acceptors (Lipinski definition) is 3. The average Bonchev–Trinajstić information content (AvgIpc) is 2.82. The van der Waals surface area contributed by atoms with E-state index in [1.807, 2.05) is 54.6 Å². The molecule has 3 atom stereocenters. The fraction of sp³-hybridized carbons (Fsp3) is 0.231. The molecule has 0 unspecified atom stereocenters. The Morgan fingerprint density at radius 2 is 1.64 bits per heavy atom. The van der Waals surface area contributed by atoms with Crippen molar-refractivity contribution in [1.82, 2.24) is 9.80 Å². The minimum Gasteiger partial charge on any atom is -0.394 e. The van der Waals surface area contributed by atoms with Gasteiger partial charge in [0, 0.05) is 18.2 Å². The summed E-state index contributed by atoms with van der Waals surface area (Å²) in [7, 11) is 0. The van der Waals surface area contributed by atoms with E-state index in [1.165, 1.54) is 29.2 Å². The number of halogens is 1. The van der Waals surface area contributed by atoms with Gasteiger partial charge in [-0.05, 0) is 41.0 Å². The lowest BCUT2D eigenvalue weighted by molar-refractivity contribution is -0.159. The number of anilines is 1.